The van der Waals surface area contributed by atoms with Gasteiger partial charge in [-0.2, -0.15) is 0 Å². The first-order valence-corrected chi connectivity index (χ1v) is 7.31. The summed E-state index contributed by atoms with van der Waals surface area (Å²) in [5, 5.41) is 4.88. The number of fused-ring (bicyclic) bond motifs is 1. The van der Waals surface area contributed by atoms with Crippen LogP contribution in [0, 0.1) is 0 Å². The van der Waals surface area contributed by atoms with E-state index in [4.69, 9.17) is 0 Å². The molecule has 2 heteroatoms. The van der Waals surface area contributed by atoms with Gasteiger partial charge < -0.3 is 5.32 Å². The molecule has 1 aromatic carbocycles. The molecule has 1 atom stereocenters. The summed E-state index contributed by atoms with van der Waals surface area (Å²) in [6.07, 6.45) is 5.68. The Morgan fingerprint density at radius 1 is 1.21 bits per heavy atom. The lowest BCUT2D eigenvalue weighted by Gasteiger charge is -2.21. The van der Waals surface area contributed by atoms with Gasteiger partial charge in [0.2, 0.25) is 0 Å². The Labute approximate surface area is 116 Å². The monoisotopic (exact) mass is 256 g/mol. The van der Waals surface area contributed by atoms with Crippen LogP contribution in [0.1, 0.15) is 51.6 Å². The maximum absolute atomic E-state index is 4.58. The smallest absolute Gasteiger partial charge is 0.0702 e. The fourth-order valence-corrected chi connectivity index (χ4v) is 2.44. The van der Waals surface area contributed by atoms with E-state index in [-0.39, 0.29) is 0 Å². The summed E-state index contributed by atoms with van der Waals surface area (Å²) in [5.74, 6) is 0. The number of para-hydroxylation sites is 1. The molecule has 0 radical (unpaired) electrons. The third kappa shape index (κ3) is 3.77. The first-order chi connectivity index (χ1) is 9.20. The topological polar surface area (TPSA) is 24.9 Å². The number of benzene rings is 1. The summed E-state index contributed by atoms with van der Waals surface area (Å²) in [5.41, 5.74) is 2.38. The Morgan fingerprint density at radius 3 is 2.74 bits per heavy atom. The Balaban J connectivity index is 2.26. The molecule has 0 spiro atoms. The quantitative estimate of drug-likeness (QED) is 0.825. The number of unbranched alkanes of at least 4 members (excludes halogenated alkanes) is 1. The molecular formula is C17H24N2. The van der Waals surface area contributed by atoms with Gasteiger partial charge in [0.1, 0.15) is 0 Å². The van der Waals surface area contributed by atoms with Crippen LogP contribution in [0.4, 0.5) is 0 Å². The van der Waals surface area contributed by atoms with Gasteiger partial charge in [-0.05, 0) is 24.1 Å². The van der Waals surface area contributed by atoms with Crippen molar-refractivity contribution in [3.63, 3.8) is 0 Å². The van der Waals surface area contributed by atoms with Gasteiger partial charge in [-0.3, -0.25) is 4.98 Å². The maximum Gasteiger partial charge on any atom is 0.0702 e. The van der Waals surface area contributed by atoms with Crippen molar-refractivity contribution in [3.8, 4) is 0 Å². The predicted octanol–water partition coefficient (Wildman–Crippen LogP) is 4.46. The fraction of sp³-hybridized carbons (Fsp3) is 0.471. The largest absolute Gasteiger partial charge is 0.308 e. The van der Waals surface area contributed by atoms with E-state index in [0.717, 1.165) is 5.52 Å². The Hall–Kier alpha value is -1.41. The molecule has 2 aromatic rings. The zero-order valence-corrected chi connectivity index (χ0v) is 12.2. The fourth-order valence-electron chi connectivity index (χ4n) is 2.44. The number of nitrogens with one attached hydrogen (secondary N) is 1. The van der Waals surface area contributed by atoms with Gasteiger partial charge >= 0.3 is 0 Å². The molecule has 19 heavy (non-hydrogen) atoms. The minimum Gasteiger partial charge on any atom is -0.308 e. The molecule has 0 aliphatic heterocycles. The van der Waals surface area contributed by atoms with Crippen molar-refractivity contribution in [2.24, 2.45) is 0 Å². The van der Waals surface area contributed by atoms with Crippen LogP contribution in [0.5, 0.6) is 0 Å². The normalized spacial score (nSPS) is 13.1. The summed E-state index contributed by atoms with van der Waals surface area (Å²) in [4.78, 5) is 4.58. The van der Waals surface area contributed by atoms with Gasteiger partial charge in [-0.25, -0.2) is 0 Å². The molecular weight excluding hydrogens is 232 g/mol. The van der Waals surface area contributed by atoms with E-state index in [0.29, 0.717) is 12.1 Å². The lowest BCUT2D eigenvalue weighted by atomic mass is 10.0. The van der Waals surface area contributed by atoms with Gasteiger partial charge in [-0.15, -0.1) is 0 Å². The molecule has 0 saturated carbocycles. The molecule has 2 nitrogen and oxygen atoms in total. The second kappa shape index (κ2) is 6.67. The molecule has 0 bridgehead atoms. The van der Waals surface area contributed by atoms with Crippen molar-refractivity contribution in [2.45, 2.75) is 52.1 Å². The van der Waals surface area contributed by atoms with Crippen LogP contribution in [0.2, 0.25) is 0 Å². The van der Waals surface area contributed by atoms with Crippen molar-refractivity contribution in [2.75, 3.05) is 0 Å². The molecule has 1 aromatic heterocycles. The van der Waals surface area contributed by atoms with Crippen molar-refractivity contribution in [1.29, 1.82) is 0 Å². The average molecular weight is 256 g/mol. The van der Waals surface area contributed by atoms with Gasteiger partial charge in [-0.1, -0.05) is 51.8 Å². The molecule has 0 aliphatic rings. The van der Waals surface area contributed by atoms with E-state index in [9.17, 15) is 0 Å². The summed E-state index contributed by atoms with van der Waals surface area (Å²) in [6.45, 7) is 6.64. The van der Waals surface area contributed by atoms with Crippen LogP contribution in [0.15, 0.2) is 36.5 Å². The third-order valence-corrected chi connectivity index (χ3v) is 3.39. The van der Waals surface area contributed by atoms with Crippen LogP contribution in [0.3, 0.4) is 0 Å². The maximum atomic E-state index is 4.58. The highest BCUT2D eigenvalue weighted by Crippen LogP contribution is 2.22. The second-order valence-electron chi connectivity index (χ2n) is 5.48. The van der Waals surface area contributed by atoms with E-state index in [1.807, 2.05) is 12.3 Å². The highest BCUT2D eigenvalue weighted by molar-refractivity contribution is 5.78. The van der Waals surface area contributed by atoms with Crippen molar-refractivity contribution in [1.82, 2.24) is 10.3 Å². The molecule has 0 saturated heterocycles. The number of hydrogen-bond donors (Lipinski definition) is 1. The molecule has 0 fully saturated rings. The molecule has 1 unspecified atom stereocenters. The minimum absolute atomic E-state index is 0.414. The van der Waals surface area contributed by atoms with Gasteiger partial charge in [0.15, 0.2) is 0 Å². The van der Waals surface area contributed by atoms with Crippen molar-refractivity contribution in [3.05, 3.63) is 42.1 Å². The number of nitrogens with zero attached hydrogens (tertiary/aromatic N) is 1. The van der Waals surface area contributed by atoms with Crippen molar-refractivity contribution < 1.29 is 0 Å². The minimum atomic E-state index is 0.414. The molecule has 2 rings (SSSR count). The highest BCUT2D eigenvalue weighted by atomic mass is 14.9. The van der Waals surface area contributed by atoms with Crippen LogP contribution < -0.4 is 5.32 Å². The summed E-state index contributed by atoms with van der Waals surface area (Å²) < 4.78 is 0. The zero-order valence-electron chi connectivity index (χ0n) is 12.2. The Morgan fingerprint density at radius 2 is 2.00 bits per heavy atom. The second-order valence-corrected chi connectivity index (χ2v) is 5.48. The van der Waals surface area contributed by atoms with Crippen LogP contribution in [-0.4, -0.2) is 11.0 Å². The SMILES string of the molecule is CCCCC(NC(C)C)c1cnc2ccccc2c1. The van der Waals surface area contributed by atoms with Gasteiger partial charge in [0.25, 0.3) is 0 Å². The Kier molecular flexibility index (Phi) is 4.92. The van der Waals surface area contributed by atoms with Gasteiger partial charge in [0.05, 0.1) is 5.52 Å². The van der Waals surface area contributed by atoms with Crippen LogP contribution in [0.25, 0.3) is 10.9 Å². The van der Waals surface area contributed by atoms with Crippen LogP contribution >= 0.6 is 0 Å². The third-order valence-electron chi connectivity index (χ3n) is 3.39. The van der Waals surface area contributed by atoms with E-state index >= 15 is 0 Å². The lowest BCUT2D eigenvalue weighted by molar-refractivity contribution is 0.439. The van der Waals surface area contributed by atoms with Crippen LogP contribution in [-0.2, 0) is 0 Å². The molecule has 0 aliphatic carbocycles. The standard InChI is InChI=1S/C17H24N2/c1-4-5-9-17(19-13(2)3)15-11-14-8-6-7-10-16(14)18-12-15/h6-8,10-13,17,19H,4-5,9H2,1-3H3. The molecule has 1 N–H and O–H groups in total. The van der Waals surface area contributed by atoms with E-state index in [1.54, 1.807) is 0 Å². The van der Waals surface area contributed by atoms with E-state index in [1.165, 1.54) is 30.2 Å². The van der Waals surface area contributed by atoms with E-state index in [2.05, 4.69) is 55.3 Å². The highest BCUT2D eigenvalue weighted by Gasteiger charge is 2.12. The first kappa shape index (κ1) is 14.0. The van der Waals surface area contributed by atoms with E-state index < -0.39 is 0 Å². The summed E-state index contributed by atoms with van der Waals surface area (Å²) in [7, 11) is 0. The van der Waals surface area contributed by atoms with Crippen molar-refractivity contribution >= 4 is 10.9 Å². The molecule has 1 heterocycles. The summed E-state index contributed by atoms with van der Waals surface area (Å²) in [6, 6.07) is 11.5. The Bertz CT molecular complexity index is 519. The number of pyridine rings is 1. The molecule has 0 amide bonds. The van der Waals surface area contributed by atoms with Gasteiger partial charge in [0, 0.05) is 23.7 Å². The predicted molar refractivity (Wildman–Crippen MR) is 82.3 cm³/mol. The molecule has 102 valence electrons. The average Bonchev–Trinajstić information content (AvgIpc) is 2.42. The number of rotatable bonds is 6. The summed E-state index contributed by atoms with van der Waals surface area (Å²) >= 11 is 0. The number of hydrogen-bond acceptors (Lipinski definition) is 2. The first-order valence-electron chi connectivity index (χ1n) is 7.31. The number of aromatic nitrogens is 1. The lowest BCUT2D eigenvalue weighted by Crippen LogP contribution is -2.28. The zero-order chi connectivity index (χ0) is 13.7.